The molecule has 11 aromatic rings. The van der Waals surface area contributed by atoms with Gasteiger partial charge in [0.25, 0.3) is 0 Å². The van der Waals surface area contributed by atoms with Crippen LogP contribution in [0.1, 0.15) is 24.5 Å². The van der Waals surface area contributed by atoms with Crippen molar-refractivity contribution in [2.45, 2.75) is 13.3 Å². The molecule has 0 atom stereocenters. The Labute approximate surface area is 390 Å². The van der Waals surface area contributed by atoms with Gasteiger partial charge in [0.2, 0.25) is 0 Å². The van der Waals surface area contributed by atoms with E-state index in [-0.39, 0.29) is 0 Å². The molecule has 1 aliphatic heterocycles. The normalized spacial score (nSPS) is 13.2. The molecule has 4 heterocycles. The summed E-state index contributed by atoms with van der Waals surface area (Å²) in [6, 6.07) is 73.7. The predicted molar refractivity (Wildman–Crippen MR) is 287 cm³/mol. The van der Waals surface area contributed by atoms with Crippen molar-refractivity contribution in [3.05, 3.63) is 247 Å². The van der Waals surface area contributed by atoms with Crippen LogP contribution < -0.4 is 0 Å². The number of thiophene rings is 1. The molecule has 0 bridgehead atoms. The number of para-hydroxylation sites is 1. The molecule has 65 heavy (non-hydrogen) atoms. The van der Waals surface area contributed by atoms with Crippen molar-refractivity contribution in [1.29, 1.82) is 0 Å². The standard InChI is InChI=1S/C61H43IN2S/c1-3-41(43-18-8-5-9-19-43)35-48(34-40(2)42-16-6-4-7-17-42)62-55-24-12-10-22-50(55)52-37-45(27-30-56(52)62)46-28-31-58-53(38-46)51-23-11-13-25-57(51)64(58)49-21-14-20-44(36-49)47-29-32-59-54(39-47)61-60(65-59)26-15-33-63-61/h4-39H,2-3H2,1H3/b41-35+,48-34+. The van der Waals surface area contributed by atoms with Gasteiger partial charge in [-0.3, -0.25) is 4.98 Å². The van der Waals surface area contributed by atoms with Crippen molar-refractivity contribution in [2.24, 2.45) is 0 Å². The van der Waals surface area contributed by atoms with E-state index in [0.29, 0.717) is 0 Å². The third kappa shape index (κ3) is 6.96. The number of allylic oxidation sites excluding steroid dienone is 5. The van der Waals surface area contributed by atoms with E-state index in [1.807, 2.05) is 12.3 Å². The first kappa shape index (κ1) is 39.5. The minimum atomic E-state index is -2.17. The Hall–Kier alpha value is -7.12. The van der Waals surface area contributed by atoms with Crippen LogP contribution in [-0.4, -0.2) is 9.55 Å². The van der Waals surface area contributed by atoms with E-state index in [1.165, 1.54) is 91.8 Å². The molecule has 0 saturated heterocycles. The van der Waals surface area contributed by atoms with Gasteiger partial charge in [-0.25, -0.2) is 0 Å². The zero-order valence-corrected chi connectivity index (χ0v) is 38.9. The van der Waals surface area contributed by atoms with Crippen molar-refractivity contribution in [3.63, 3.8) is 0 Å². The molecule has 0 spiro atoms. The van der Waals surface area contributed by atoms with E-state index in [2.05, 4.69) is 224 Å². The predicted octanol–water partition coefficient (Wildman–Crippen LogP) is 17.5. The van der Waals surface area contributed by atoms with Gasteiger partial charge in [0.05, 0.1) is 10.2 Å². The number of fused-ring (bicyclic) bond motifs is 9. The van der Waals surface area contributed by atoms with Crippen LogP contribution in [0.5, 0.6) is 0 Å². The molecule has 0 unspecified atom stereocenters. The number of halogens is 1. The maximum absolute atomic E-state index is 4.74. The molecule has 12 rings (SSSR count). The Morgan fingerprint density at radius 1 is 0.538 bits per heavy atom. The zero-order chi connectivity index (χ0) is 43.4. The maximum atomic E-state index is 4.74. The Bertz CT molecular complexity index is 3720. The molecule has 4 heteroatoms. The SMILES string of the molecule is C=C(/C=C(\C=C(/CC)c1ccccc1)I1c2ccccc2-c2cc(-c3ccc4c(c3)c3ccccc3n4-c3cccc(-c4ccc5sc6cccnc6c5c4)c3)ccc21)c1ccccc1. The molecule has 0 amide bonds. The Kier molecular flexibility index (Phi) is 9.99. The summed E-state index contributed by atoms with van der Waals surface area (Å²) in [5, 5.41) is 3.71. The number of pyridine rings is 1. The summed E-state index contributed by atoms with van der Waals surface area (Å²) in [6.07, 6.45) is 7.72. The van der Waals surface area contributed by atoms with E-state index in [9.17, 15) is 0 Å². The zero-order valence-electron chi connectivity index (χ0n) is 35.9. The summed E-state index contributed by atoms with van der Waals surface area (Å²) in [5.74, 6) is 0. The summed E-state index contributed by atoms with van der Waals surface area (Å²) in [5.41, 5.74) is 17.0. The van der Waals surface area contributed by atoms with Crippen LogP contribution in [0.2, 0.25) is 0 Å². The second-order valence-electron chi connectivity index (χ2n) is 16.6. The van der Waals surface area contributed by atoms with Crippen LogP contribution in [0.3, 0.4) is 0 Å². The fourth-order valence-corrected chi connectivity index (χ4v) is 17.1. The van der Waals surface area contributed by atoms with Crippen LogP contribution >= 0.6 is 31.2 Å². The molecule has 2 nitrogen and oxygen atoms in total. The molecule has 8 aromatic carbocycles. The average Bonchev–Trinajstić information content (AvgIpc) is 4.03. The fourth-order valence-electron chi connectivity index (χ4n) is 9.56. The number of hydrogen-bond acceptors (Lipinski definition) is 2. The molecular formula is C61H43IN2S. The van der Waals surface area contributed by atoms with Crippen LogP contribution in [0, 0.1) is 7.14 Å². The number of nitrogens with zero attached hydrogens (tertiary/aromatic N) is 2. The van der Waals surface area contributed by atoms with E-state index in [1.54, 1.807) is 11.3 Å². The molecule has 0 radical (unpaired) electrons. The molecule has 0 aliphatic carbocycles. The van der Waals surface area contributed by atoms with Crippen molar-refractivity contribution in [1.82, 2.24) is 9.55 Å². The van der Waals surface area contributed by atoms with Gasteiger partial charge in [-0.05, 0) is 29.8 Å². The van der Waals surface area contributed by atoms with Crippen LogP contribution in [0.4, 0.5) is 0 Å². The van der Waals surface area contributed by atoms with Gasteiger partial charge in [0.1, 0.15) is 0 Å². The van der Waals surface area contributed by atoms with E-state index in [0.717, 1.165) is 28.8 Å². The van der Waals surface area contributed by atoms with Crippen molar-refractivity contribution in [3.8, 4) is 39.1 Å². The summed E-state index contributed by atoms with van der Waals surface area (Å²) in [7, 11) is 0. The van der Waals surface area contributed by atoms with Gasteiger partial charge in [-0.2, -0.15) is 0 Å². The Morgan fingerprint density at radius 2 is 1.22 bits per heavy atom. The number of hydrogen-bond donors (Lipinski definition) is 0. The Balaban J connectivity index is 0.957. The number of aromatic nitrogens is 2. The van der Waals surface area contributed by atoms with E-state index < -0.39 is 19.8 Å². The molecule has 0 fully saturated rings. The minimum absolute atomic E-state index is 0.947. The van der Waals surface area contributed by atoms with E-state index in [4.69, 9.17) is 4.98 Å². The van der Waals surface area contributed by atoms with Gasteiger partial charge < -0.3 is 0 Å². The summed E-state index contributed by atoms with van der Waals surface area (Å²) in [6.45, 7) is 6.90. The first-order valence-corrected chi connectivity index (χ1v) is 26.2. The van der Waals surface area contributed by atoms with Gasteiger partial charge in [0, 0.05) is 16.3 Å². The molecule has 3 aromatic heterocycles. The number of rotatable bonds is 9. The second kappa shape index (κ2) is 16.5. The van der Waals surface area contributed by atoms with Crippen molar-refractivity contribution < 1.29 is 0 Å². The summed E-state index contributed by atoms with van der Waals surface area (Å²) < 4.78 is 9.28. The molecule has 310 valence electrons. The topological polar surface area (TPSA) is 17.8 Å². The first-order chi connectivity index (χ1) is 32.1. The third-order valence-corrected chi connectivity index (χ3v) is 19.9. The van der Waals surface area contributed by atoms with Crippen LogP contribution in [0.25, 0.3) is 92.3 Å². The second-order valence-corrected chi connectivity index (χ2v) is 22.8. The monoisotopic (exact) mass is 962 g/mol. The van der Waals surface area contributed by atoms with Gasteiger partial charge in [-0.1, -0.05) is 12.1 Å². The Morgan fingerprint density at radius 3 is 2.06 bits per heavy atom. The summed E-state index contributed by atoms with van der Waals surface area (Å²) >= 11 is -0.363. The number of benzene rings is 8. The fraction of sp³-hybridized carbons (Fsp3) is 0.0328. The van der Waals surface area contributed by atoms with Crippen molar-refractivity contribution in [2.75, 3.05) is 0 Å². The quantitative estimate of drug-likeness (QED) is 0.104. The van der Waals surface area contributed by atoms with Crippen molar-refractivity contribution >= 4 is 84.4 Å². The third-order valence-electron chi connectivity index (χ3n) is 12.7. The van der Waals surface area contributed by atoms with Gasteiger partial charge >= 0.3 is 309 Å². The van der Waals surface area contributed by atoms with Crippen LogP contribution in [0.15, 0.2) is 229 Å². The van der Waals surface area contributed by atoms with E-state index >= 15 is 0 Å². The van der Waals surface area contributed by atoms with Gasteiger partial charge in [-0.15, -0.1) is 11.3 Å². The van der Waals surface area contributed by atoms with Gasteiger partial charge in [0.15, 0.2) is 0 Å². The summed E-state index contributed by atoms with van der Waals surface area (Å²) in [4.78, 5) is 4.74. The average molecular weight is 963 g/mol. The molecular weight excluding hydrogens is 920 g/mol. The van der Waals surface area contributed by atoms with Crippen LogP contribution in [-0.2, 0) is 0 Å². The first-order valence-electron chi connectivity index (χ1n) is 22.2. The molecule has 0 saturated carbocycles. The molecule has 0 N–H and O–H groups in total. The molecule has 1 aliphatic rings.